The number of benzene rings is 9. The van der Waals surface area contributed by atoms with E-state index in [-0.39, 0.29) is 0 Å². The van der Waals surface area contributed by atoms with Gasteiger partial charge in [-0.2, -0.15) is 0 Å². The summed E-state index contributed by atoms with van der Waals surface area (Å²) >= 11 is 0. The van der Waals surface area contributed by atoms with E-state index in [1.54, 1.807) is 0 Å². The maximum Gasteiger partial charge on any atom is 0.0541 e. The molecule has 1 heterocycles. The zero-order chi connectivity index (χ0) is 37.3. The molecule has 2 heteroatoms. The largest absolute Gasteiger partial charge is 0.310 e. The Labute approximate surface area is 327 Å². The lowest BCUT2D eigenvalue weighted by molar-refractivity contribution is 1.18. The van der Waals surface area contributed by atoms with E-state index >= 15 is 0 Å². The minimum absolute atomic E-state index is 1.09. The highest BCUT2D eigenvalue weighted by molar-refractivity contribution is 6.09. The molecule has 0 aliphatic rings. The number of hydrogen-bond acceptors (Lipinski definition) is 1. The van der Waals surface area contributed by atoms with Gasteiger partial charge in [0.25, 0.3) is 0 Å². The molecule has 10 aromatic rings. The number of nitrogens with zero attached hydrogens (tertiary/aromatic N) is 2. The highest BCUT2D eigenvalue weighted by atomic mass is 15.1. The van der Waals surface area contributed by atoms with E-state index in [0.29, 0.717) is 0 Å². The molecule has 0 aliphatic carbocycles. The van der Waals surface area contributed by atoms with E-state index in [1.807, 2.05) is 0 Å². The van der Waals surface area contributed by atoms with Gasteiger partial charge in [-0.05, 0) is 99.6 Å². The molecule has 0 aliphatic heterocycles. The lowest BCUT2D eigenvalue weighted by atomic mass is 9.98. The number of hydrogen-bond donors (Lipinski definition) is 0. The van der Waals surface area contributed by atoms with Crippen LogP contribution in [0.5, 0.6) is 0 Å². The quantitative estimate of drug-likeness (QED) is 0.152. The Bertz CT molecular complexity index is 2890. The molecule has 1 aromatic heterocycles. The predicted octanol–water partition coefficient (Wildman–Crippen LogP) is 14.9. The Balaban J connectivity index is 1.08. The monoisotopic (exact) mass is 714 g/mol. The Hall–Kier alpha value is -7.42. The Kier molecular flexibility index (Phi) is 8.55. The van der Waals surface area contributed by atoms with Crippen LogP contribution in [0.4, 0.5) is 17.1 Å². The summed E-state index contributed by atoms with van der Waals surface area (Å²) in [5, 5.41) is 2.51. The maximum absolute atomic E-state index is 2.41. The molecule has 0 unspecified atom stereocenters. The fourth-order valence-corrected chi connectivity index (χ4v) is 8.10. The molecule has 0 amide bonds. The van der Waals surface area contributed by atoms with Gasteiger partial charge in [-0.1, -0.05) is 170 Å². The van der Waals surface area contributed by atoms with Crippen LogP contribution in [-0.4, -0.2) is 4.57 Å². The van der Waals surface area contributed by atoms with Crippen molar-refractivity contribution in [1.29, 1.82) is 0 Å². The van der Waals surface area contributed by atoms with Crippen LogP contribution in [0.15, 0.2) is 231 Å². The van der Waals surface area contributed by atoms with E-state index in [4.69, 9.17) is 0 Å². The fraction of sp³-hybridized carbons (Fsp3) is 0. The zero-order valence-corrected chi connectivity index (χ0v) is 30.8. The highest BCUT2D eigenvalue weighted by Crippen LogP contribution is 2.41. The first-order valence-corrected chi connectivity index (χ1v) is 19.2. The van der Waals surface area contributed by atoms with Gasteiger partial charge in [-0.25, -0.2) is 0 Å². The van der Waals surface area contributed by atoms with Crippen LogP contribution < -0.4 is 4.90 Å². The Morgan fingerprint density at radius 1 is 0.268 bits per heavy atom. The van der Waals surface area contributed by atoms with Gasteiger partial charge in [-0.3, -0.25) is 0 Å². The summed E-state index contributed by atoms with van der Waals surface area (Å²) < 4.78 is 2.41. The van der Waals surface area contributed by atoms with E-state index in [9.17, 15) is 0 Å². The molecule has 0 fully saturated rings. The van der Waals surface area contributed by atoms with Gasteiger partial charge in [0, 0.05) is 33.4 Å². The summed E-state index contributed by atoms with van der Waals surface area (Å²) in [6, 6.07) is 83.0. The van der Waals surface area contributed by atoms with Crippen molar-refractivity contribution in [3.63, 3.8) is 0 Å². The molecule has 9 aromatic carbocycles. The predicted molar refractivity (Wildman–Crippen MR) is 237 cm³/mol. The number of para-hydroxylation sites is 3. The average molecular weight is 715 g/mol. The number of rotatable bonds is 8. The third-order valence-electron chi connectivity index (χ3n) is 10.8. The summed E-state index contributed by atoms with van der Waals surface area (Å²) in [6.45, 7) is 0. The van der Waals surface area contributed by atoms with Crippen molar-refractivity contribution in [2.45, 2.75) is 0 Å². The average Bonchev–Trinajstić information content (AvgIpc) is 3.62. The number of aromatic nitrogens is 1. The van der Waals surface area contributed by atoms with E-state index in [1.165, 1.54) is 60.8 Å². The van der Waals surface area contributed by atoms with E-state index in [0.717, 1.165) is 28.3 Å². The molecule has 0 atom stereocenters. The van der Waals surface area contributed by atoms with Crippen LogP contribution in [0.1, 0.15) is 0 Å². The maximum atomic E-state index is 2.41. The van der Waals surface area contributed by atoms with Crippen molar-refractivity contribution < 1.29 is 0 Å². The van der Waals surface area contributed by atoms with Crippen LogP contribution in [0.25, 0.3) is 72.0 Å². The first kappa shape index (κ1) is 33.2. The summed E-state index contributed by atoms with van der Waals surface area (Å²) in [7, 11) is 0. The van der Waals surface area contributed by atoms with Gasteiger partial charge in [-0.15, -0.1) is 0 Å². The summed E-state index contributed by atoms with van der Waals surface area (Å²) in [4.78, 5) is 2.37. The number of anilines is 3. The van der Waals surface area contributed by atoms with Crippen molar-refractivity contribution in [3.05, 3.63) is 231 Å². The van der Waals surface area contributed by atoms with Gasteiger partial charge in [0.05, 0.1) is 16.7 Å². The SMILES string of the molecule is c1ccc(-c2ccc(N(c3ccc(-c4cccc(-c5ccccc5)c4)cc3)c3cccc(-c4ccccc4-n4c5ccccc5c5ccccc54)c3)cc2)cc1. The van der Waals surface area contributed by atoms with Crippen molar-refractivity contribution in [1.82, 2.24) is 4.57 Å². The van der Waals surface area contributed by atoms with Gasteiger partial charge in [0.1, 0.15) is 0 Å². The van der Waals surface area contributed by atoms with Gasteiger partial charge in [0.15, 0.2) is 0 Å². The summed E-state index contributed by atoms with van der Waals surface area (Å²) in [6.07, 6.45) is 0. The minimum Gasteiger partial charge on any atom is -0.310 e. The topological polar surface area (TPSA) is 8.17 Å². The molecule has 0 bridgehead atoms. The highest BCUT2D eigenvalue weighted by Gasteiger charge is 2.18. The minimum atomic E-state index is 1.09. The standard InChI is InChI=1S/C54H38N2/c1-3-15-39(16-4-1)41-29-33-46(34-30-41)55(47-35-31-42(32-36-47)44-20-13-19-43(37-44)40-17-5-2-6-18-40)48-22-14-21-45(38-48)49-23-7-10-26-52(49)56-53-27-11-8-24-50(53)51-25-9-12-28-54(51)56/h1-38H. The smallest absolute Gasteiger partial charge is 0.0541 e. The van der Waals surface area contributed by atoms with Crippen LogP contribution >= 0.6 is 0 Å². The first-order valence-electron chi connectivity index (χ1n) is 19.2. The fourth-order valence-electron chi connectivity index (χ4n) is 8.10. The summed E-state index contributed by atoms with van der Waals surface area (Å²) in [5.74, 6) is 0. The van der Waals surface area contributed by atoms with Crippen LogP contribution in [0, 0.1) is 0 Å². The number of fused-ring (bicyclic) bond motifs is 3. The van der Waals surface area contributed by atoms with Gasteiger partial charge < -0.3 is 9.47 Å². The Morgan fingerprint density at radius 2 is 0.696 bits per heavy atom. The second-order valence-corrected chi connectivity index (χ2v) is 14.2. The van der Waals surface area contributed by atoms with Crippen molar-refractivity contribution >= 4 is 38.9 Å². The van der Waals surface area contributed by atoms with E-state index < -0.39 is 0 Å². The molecule has 2 nitrogen and oxygen atoms in total. The van der Waals surface area contributed by atoms with Crippen LogP contribution in [0.3, 0.4) is 0 Å². The lowest BCUT2D eigenvalue weighted by Crippen LogP contribution is -2.10. The molecule has 0 saturated heterocycles. The lowest BCUT2D eigenvalue weighted by Gasteiger charge is -2.27. The van der Waals surface area contributed by atoms with Gasteiger partial charge in [0.2, 0.25) is 0 Å². The van der Waals surface area contributed by atoms with Gasteiger partial charge >= 0.3 is 0 Å². The molecule has 0 N–H and O–H groups in total. The molecule has 0 spiro atoms. The molecule has 0 saturated carbocycles. The zero-order valence-electron chi connectivity index (χ0n) is 30.8. The normalized spacial score (nSPS) is 11.2. The second-order valence-electron chi connectivity index (χ2n) is 14.2. The molecule has 0 radical (unpaired) electrons. The van der Waals surface area contributed by atoms with Crippen LogP contribution in [0.2, 0.25) is 0 Å². The van der Waals surface area contributed by atoms with Crippen molar-refractivity contribution in [2.75, 3.05) is 4.90 Å². The molecule has 56 heavy (non-hydrogen) atoms. The third-order valence-corrected chi connectivity index (χ3v) is 10.8. The molecular formula is C54H38N2. The molecule has 264 valence electrons. The van der Waals surface area contributed by atoms with Crippen molar-refractivity contribution in [3.8, 4) is 50.2 Å². The van der Waals surface area contributed by atoms with E-state index in [2.05, 4.69) is 240 Å². The second kappa shape index (κ2) is 14.4. The Morgan fingerprint density at radius 3 is 1.30 bits per heavy atom. The summed E-state index contributed by atoms with van der Waals surface area (Å²) in [5.41, 5.74) is 16.4. The van der Waals surface area contributed by atoms with Crippen LogP contribution in [-0.2, 0) is 0 Å². The first-order chi connectivity index (χ1) is 27.8. The molecule has 10 rings (SSSR count). The third kappa shape index (κ3) is 6.14. The molecular weight excluding hydrogens is 677 g/mol. The van der Waals surface area contributed by atoms with Crippen molar-refractivity contribution in [2.24, 2.45) is 0 Å².